The molecule has 0 atom stereocenters. The number of H-pyrrole nitrogens is 1. The van der Waals surface area contributed by atoms with Crippen molar-refractivity contribution in [2.75, 3.05) is 6.54 Å². The number of aryl methyl sites for hydroxylation is 2. The van der Waals surface area contributed by atoms with Gasteiger partial charge in [0.25, 0.3) is 0 Å². The van der Waals surface area contributed by atoms with Gasteiger partial charge in [0.05, 0.1) is 12.1 Å². The first-order valence-electron chi connectivity index (χ1n) is 7.00. The highest BCUT2D eigenvalue weighted by Gasteiger charge is 2.22. The maximum absolute atomic E-state index is 12.5. The number of nitrogens with one attached hydrogen (secondary N) is 1. The minimum Gasteiger partial charge on any atom is -0.338 e. The molecule has 104 valence electrons. The number of amides is 1. The standard InChI is InChI=1S/C16H19N3O/c1-11-15(12(2)18-17-11)9-16(20)19-8-7-13-5-3-4-6-14(13)10-19/h3-6H,7-10H2,1-2H3,(H,17,18). The van der Waals surface area contributed by atoms with Gasteiger partial charge in [0, 0.05) is 24.3 Å². The molecule has 1 amide bonds. The van der Waals surface area contributed by atoms with Crippen LogP contribution in [0, 0.1) is 13.8 Å². The molecule has 0 radical (unpaired) electrons. The van der Waals surface area contributed by atoms with E-state index in [4.69, 9.17) is 0 Å². The van der Waals surface area contributed by atoms with Gasteiger partial charge in [-0.1, -0.05) is 24.3 Å². The van der Waals surface area contributed by atoms with E-state index in [2.05, 4.69) is 28.4 Å². The molecule has 20 heavy (non-hydrogen) atoms. The third kappa shape index (κ3) is 2.33. The van der Waals surface area contributed by atoms with Crippen LogP contribution in [0.25, 0.3) is 0 Å². The van der Waals surface area contributed by atoms with E-state index in [1.165, 1.54) is 11.1 Å². The summed E-state index contributed by atoms with van der Waals surface area (Å²) in [4.78, 5) is 14.4. The average Bonchev–Trinajstić information content (AvgIpc) is 2.78. The highest BCUT2D eigenvalue weighted by molar-refractivity contribution is 5.79. The number of rotatable bonds is 2. The fraction of sp³-hybridized carbons (Fsp3) is 0.375. The van der Waals surface area contributed by atoms with Crippen LogP contribution in [-0.2, 0) is 24.2 Å². The van der Waals surface area contributed by atoms with E-state index in [-0.39, 0.29) is 5.91 Å². The summed E-state index contributed by atoms with van der Waals surface area (Å²) in [6, 6.07) is 8.37. The van der Waals surface area contributed by atoms with E-state index in [0.717, 1.165) is 36.5 Å². The topological polar surface area (TPSA) is 49.0 Å². The maximum atomic E-state index is 12.5. The van der Waals surface area contributed by atoms with Crippen LogP contribution < -0.4 is 0 Å². The van der Waals surface area contributed by atoms with Crippen LogP contribution in [0.2, 0.25) is 0 Å². The molecule has 1 aliphatic rings. The van der Waals surface area contributed by atoms with Crippen LogP contribution >= 0.6 is 0 Å². The molecule has 4 nitrogen and oxygen atoms in total. The highest BCUT2D eigenvalue weighted by atomic mass is 16.2. The number of aromatic nitrogens is 2. The van der Waals surface area contributed by atoms with E-state index >= 15 is 0 Å². The smallest absolute Gasteiger partial charge is 0.227 e. The SMILES string of the molecule is Cc1n[nH]c(C)c1CC(=O)N1CCc2ccccc2C1. The summed E-state index contributed by atoms with van der Waals surface area (Å²) in [6.07, 6.45) is 1.39. The van der Waals surface area contributed by atoms with Crippen LogP contribution in [0.3, 0.4) is 0 Å². The Labute approximate surface area is 118 Å². The van der Waals surface area contributed by atoms with Crippen molar-refractivity contribution in [2.24, 2.45) is 0 Å². The van der Waals surface area contributed by atoms with Gasteiger partial charge in [-0.2, -0.15) is 5.10 Å². The molecule has 4 heteroatoms. The fourth-order valence-corrected chi connectivity index (χ4v) is 2.81. The number of aromatic amines is 1. The Morgan fingerprint density at radius 3 is 2.75 bits per heavy atom. The number of hydrogen-bond acceptors (Lipinski definition) is 2. The largest absolute Gasteiger partial charge is 0.338 e. The summed E-state index contributed by atoms with van der Waals surface area (Å²) in [5, 5.41) is 7.09. The van der Waals surface area contributed by atoms with Crippen molar-refractivity contribution in [3.05, 3.63) is 52.3 Å². The van der Waals surface area contributed by atoms with Gasteiger partial charge < -0.3 is 4.90 Å². The molecule has 1 aromatic heterocycles. The Bertz CT molecular complexity index is 625. The Morgan fingerprint density at radius 2 is 2.05 bits per heavy atom. The Morgan fingerprint density at radius 1 is 1.30 bits per heavy atom. The molecule has 1 aliphatic heterocycles. The quantitative estimate of drug-likeness (QED) is 0.908. The third-order valence-electron chi connectivity index (χ3n) is 4.09. The van der Waals surface area contributed by atoms with Crippen LogP contribution in [0.5, 0.6) is 0 Å². The summed E-state index contributed by atoms with van der Waals surface area (Å²) < 4.78 is 0. The lowest BCUT2D eigenvalue weighted by molar-refractivity contribution is -0.131. The number of nitrogens with zero attached hydrogens (tertiary/aromatic N) is 2. The zero-order valence-electron chi connectivity index (χ0n) is 11.9. The highest BCUT2D eigenvalue weighted by Crippen LogP contribution is 2.20. The van der Waals surface area contributed by atoms with Gasteiger partial charge in [-0.3, -0.25) is 9.89 Å². The molecular weight excluding hydrogens is 250 g/mol. The van der Waals surface area contributed by atoms with Crippen molar-refractivity contribution in [1.29, 1.82) is 0 Å². The van der Waals surface area contributed by atoms with Crippen molar-refractivity contribution in [1.82, 2.24) is 15.1 Å². The number of carbonyl (C=O) groups is 1. The van der Waals surface area contributed by atoms with Crippen molar-refractivity contribution >= 4 is 5.91 Å². The fourth-order valence-electron chi connectivity index (χ4n) is 2.81. The summed E-state index contributed by atoms with van der Waals surface area (Å²) in [5.74, 6) is 0.187. The Hall–Kier alpha value is -2.10. The van der Waals surface area contributed by atoms with Crippen LogP contribution in [0.15, 0.2) is 24.3 Å². The second-order valence-corrected chi connectivity index (χ2v) is 5.42. The molecule has 2 aromatic rings. The molecule has 0 bridgehead atoms. The molecule has 1 N–H and O–H groups in total. The van der Waals surface area contributed by atoms with E-state index in [1.54, 1.807) is 0 Å². The van der Waals surface area contributed by atoms with Crippen molar-refractivity contribution in [2.45, 2.75) is 33.2 Å². The lowest BCUT2D eigenvalue weighted by Gasteiger charge is -2.29. The number of benzene rings is 1. The zero-order valence-corrected chi connectivity index (χ0v) is 11.9. The van der Waals surface area contributed by atoms with Crippen LogP contribution in [0.4, 0.5) is 0 Å². The molecule has 0 saturated carbocycles. The van der Waals surface area contributed by atoms with E-state index in [0.29, 0.717) is 6.42 Å². The van der Waals surface area contributed by atoms with Gasteiger partial charge in [0.15, 0.2) is 0 Å². The molecule has 2 heterocycles. The molecule has 0 aliphatic carbocycles. The second kappa shape index (κ2) is 5.12. The molecule has 0 fully saturated rings. The predicted octanol–water partition coefficient (Wildman–Crippen LogP) is 2.15. The molecule has 0 unspecified atom stereocenters. The van der Waals surface area contributed by atoms with Gasteiger partial charge >= 0.3 is 0 Å². The first kappa shape index (κ1) is 12.9. The number of carbonyl (C=O) groups excluding carboxylic acids is 1. The average molecular weight is 269 g/mol. The van der Waals surface area contributed by atoms with Gasteiger partial charge in [-0.15, -0.1) is 0 Å². The molecule has 0 saturated heterocycles. The summed E-state index contributed by atoms with van der Waals surface area (Å²) >= 11 is 0. The summed E-state index contributed by atoms with van der Waals surface area (Å²) in [5.41, 5.74) is 5.59. The van der Waals surface area contributed by atoms with E-state index < -0.39 is 0 Å². The van der Waals surface area contributed by atoms with E-state index in [1.807, 2.05) is 24.8 Å². The molecule has 1 aromatic carbocycles. The van der Waals surface area contributed by atoms with E-state index in [9.17, 15) is 4.79 Å². The molecule has 3 rings (SSSR count). The first-order valence-corrected chi connectivity index (χ1v) is 7.00. The first-order chi connectivity index (χ1) is 9.65. The van der Waals surface area contributed by atoms with Crippen LogP contribution in [-0.4, -0.2) is 27.5 Å². The lowest BCUT2D eigenvalue weighted by Crippen LogP contribution is -2.37. The zero-order chi connectivity index (χ0) is 14.1. The normalized spacial score (nSPS) is 14.2. The number of hydrogen-bond donors (Lipinski definition) is 1. The Kier molecular flexibility index (Phi) is 3.30. The van der Waals surface area contributed by atoms with Gasteiger partial charge in [0.1, 0.15) is 0 Å². The van der Waals surface area contributed by atoms with Crippen molar-refractivity contribution in [3.63, 3.8) is 0 Å². The van der Waals surface area contributed by atoms with Gasteiger partial charge in [-0.25, -0.2) is 0 Å². The predicted molar refractivity (Wildman–Crippen MR) is 77.3 cm³/mol. The van der Waals surface area contributed by atoms with Crippen molar-refractivity contribution < 1.29 is 4.79 Å². The minimum atomic E-state index is 0.187. The third-order valence-corrected chi connectivity index (χ3v) is 4.09. The molecule has 0 spiro atoms. The summed E-state index contributed by atoms with van der Waals surface area (Å²) in [6.45, 7) is 5.45. The monoisotopic (exact) mass is 269 g/mol. The Balaban J connectivity index is 1.74. The summed E-state index contributed by atoms with van der Waals surface area (Å²) in [7, 11) is 0. The minimum absolute atomic E-state index is 0.187. The lowest BCUT2D eigenvalue weighted by atomic mass is 9.99. The maximum Gasteiger partial charge on any atom is 0.227 e. The second-order valence-electron chi connectivity index (χ2n) is 5.42. The molecular formula is C16H19N3O. The van der Waals surface area contributed by atoms with Gasteiger partial charge in [-0.05, 0) is 31.4 Å². The van der Waals surface area contributed by atoms with Crippen LogP contribution in [0.1, 0.15) is 28.1 Å². The van der Waals surface area contributed by atoms with Gasteiger partial charge in [0.2, 0.25) is 5.91 Å². The van der Waals surface area contributed by atoms with Crippen molar-refractivity contribution in [3.8, 4) is 0 Å². The number of fused-ring (bicyclic) bond motifs is 1.